The number of rotatable bonds is 4. The summed E-state index contributed by atoms with van der Waals surface area (Å²) in [6.45, 7) is 2.11. The fraction of sp³-hybridized carbons (Fsp3) is 0.520. The Bertz CT molecular complexity index is 518. The summed E-state index contributed by atoms with van der Waals surface area (Å²) in [6, 6.07) is 0. The van der Waals surface area contributed by atoms with Gasteiger partial charge in [-0.1, -0.05) is 118 Å². The molecule has 0 heterocycles. The first kappa shape index (κ1) is 20.7. The highest BCUT2D eigenvalue weighted by molar-refractivity contribution is 5.30. The predicted octanol–water partition coefficient (Wildman–Crippen LogP) is 6.83. The van der Waals surface area contributed by atoms with E-state index in [4.69, 9.17) is 0 Å². The van der Waals surface area contributed by atoms with Gasteiger partial charge in [0.15, 0.2) is 0 Å². The van der Waals surface area contributed by atoms with Gasteiger partial charge in [-0.05, 0) is 30.9 Å². The Kier molecular flexibility index (Phi) is 11.6. The third-order valence-electron chi connectivity index (χ3n) is 5.25. The van der Waals surface area contributed by atoms with E-state index in [2.05, 4.69) is 66.1 Å². The molecule has 1 fully saturated rings. The first-order valence-corrected chi connectivity index (χ1v) is 10.7. The third-order valence-corrected chi connectivity index (χ3v) is 5.25. The third kappa shape index (κ3) is 10.4. The summed E-state index contributed by atoms with van der Waals surface area (Å²) < 4.78 is 0. The van der Waals surface area contributed by atoms with Crippen LogP contribution in [0.3, 0.4) is 0 Å². The lowest BCUT2D eigenvalue weighted by atomic mass is 9.95. The zero-order valence-corrected chi connectivity index (χ0v) is 16.4. The van der Waals surface area contributed by atoms with Crippen molar-refractivity contribution in [2.45, 2.75) is 64.2 Å². The highest BCUT2D eigenvalue weighted by atomic mass is 14.9. The topological polar surface area (TPSA) is 12.0 Å². The van der Waals surface area contributed by atoms with Crippen molar-refractivity contribution < 1.29 is 0 Å². The van der Waals surface area contributed by atoms with Crippen LogP contribution in [0.25, 0.3) is 0 Å². The summed E-state index contributed by atoms with van der Waals surface area (Å²) in [7, 11) is 0. The van der Waals surface area contributed by atoms with Crippen LogP contribution in [0, 0.1) is 5.92 Å². The summed E-state index contributed by atoms with van der Waals surface area (Å²) in [6.07, 6.45) is 37.5. The van der Waals surface area contributed by atoms with Crippen LogP contribution in [0.15, 0.2) is 72.4 Å². The Hall–Kier alpha value is -1.60. The summed E-state index contributed by atoms with van der Waals surface area (Å²) in [4.78, 5) is 0. The van der Waals surface area contributed by atoms with Gasteiger partial charge in [0.05, 0.1) is 0 Å². The number of hydrogen-bond acceptors (Lipinski definition) is 1. The molecule has 142 valence electrons. The molecule has 1 saturated carbocycles. The summed E-state index contributed by atoms with van der Waals surface area (Å²) in [5.74, 6) is 0.854. The molecule has 0 amide bonds. The first-order chi connectivity index (χ1) is 12.9. The van der Waals surface area contributed by atoms with E-state index in [-0.39, 0.29) is 0 Å². The average Bonchev–Trinajstić information content (AvgIpc) is 2.70. The predicted molar refractivity (Wildman–Crippen MR) is 116 cm³/mol. The minimum Gasteiger partial charge on any atom is -0.312 e. The highest BCUT2D eigenvalue weighted by Crippen LogP contribution is 2.20. The highest BCUT2D eigenvalue weighted by Gasteiger charge is 2.09. The van der Waals surface area contributed by atoms with Crippen LogP contribution in [0.1, 0.15) is 64.2 Å². The van der Waals surface area contributed by atoms with Crippen molar-refractivity contribution in [3.63, 3.8) is 0 Å². The van der Waals surface area contributed by atoms with Crippen molar-refractivity contribution in [2.24, 2.45) is 5.92 Å². The normalized spacial score (nSPS) is 26.5. The van der Waals surface area contributed by atoms with Crippen molar-refractivity contribution >= 4 is 0 Å². The molecule has 0 aromatic carbocycles. The minimum absolute atomic E-state index is 0.854. The lowest BCUT2D eigenvalue weighted by Crippen LogP contribution is -2.24. The van der Waals surface area contributed by atoms with Crippen molar-refractivity contribution in [2.75, 3.05) is 13.1 Å². The molecule has 0 aromatic heterocycles. The van der Waals surface area contributed by atoms with E-state index in [0.717, 1.165) is 19.0 Å². The van der Waals surface area contributed by atoms with E-state index in [1.807, 2.05) is 6.08 Å². The van der Waals surface area contributed by atoms with Crippen molar-refractivity contribution in [3.05, 3.63) is 72.4 Å². The fourth-order valence-corrected chi connectivity index (χ4v) is 3.68. The first-order valence-electron chi connectivity index (χ1n) is 10.7. The lowest BCUT2D eigenvalue weighted by molar-refractivity contribution is 0.395. The van der Waals surface area contributed by atoms with Crippen LogP contribution in [0.2, 0.25) is 0 Å². The van der Waals surface area contributed by atoms with E-state index in [9.17, 15) is 0 Å². The second kappa shape index (κ2) is 14.6. The molecule has 1 N–H and O–H groups in total. The Morgan fingerprint density at radius 2 is 1.12 bits per heavy atom. The molecule has 0 spiro atoms. The van der Waals surface area contributed by atoms with E-state index < -0.39 is 0 Å². The summed E-state index contributed by atoms with van der Waals surface area (Å²) >= 11 is 0. The second-order valence-electron chi connectivity index (χ2n) is 7.54. The lowest BCUT2D eigenvalue weighted by Gasteiger charge is -2.17. The summed E-state index contributed by atoms with van der Waals surface area (Å²) in [5.41, 5.74) is 1.33. The smallest absolute Gasteiger partial charge is 0.0205 e. The quantitative estimate of drug-likeness (QED) is 0.585. The Morgan fingerprint density at radius 1 is 0.615 bits per heavy atom. The molecule has 0 aromatic rings. The molecule has 0 atom stereocenters. The molecular weight excluding hydrogens is 314 g/mol. The molecule has 0 unspecified atom stereocenters. The van der Waals surface area contributed by atoms with Crippen LogP contribution in [0.4, 0.5) is 0 Å². The molecule has 1 heteroatoms. The zero-order valence-electron chi connectivity index (χ0n) is 16.4. The Balaban J connectivity index is 1.80. The fourth-order valence-electron chi connectivity index (χ4n) is 3.68. The van der Waals surface area contributed by atoms with Crippen molar-refractivity contribution in [1.29, 1.82) is 0 Å². The number of allylic oxidation sites excluding steroid dienone is 10. The van der Waals surface area contributed by atoms with Crippen molar-refractivity contribution in [3.8, 4) is 0 Å². The standard InChI is InChI=1S/C25H37N/c1-2-6-10-14-18-24(19-15-11-7-3-1)22-26-23-25-20-16-12-8-4-5-9-13-17-21-25/h1-3,6-7,10-11,14-15,18-19,25-26H,4-5,8-9,12-13,16-17,20-23H2/b2-1?,3-1?,6-2?,7-3?,10-6+,11-7?,14-10?,15-11-,18-14-,19-15?,24-18?,24-19+. The van der Waals surface area contributed by atoms with Gasteiger partial charge in [0.25, 0.3) is 0 Å². The SMILES string of the molecule is C1=C\C=C/C=C(CNCC2CCCCCCCCCC2)\C=C/C=C/C=C1. The van der Waals surface area contributed by atoms with Gasteiger partial charge in [0, 0.05) is 6.54 Å². The zero-order chi connectivity index (χ0) is 18.1. The monoisotopic (exact) mass is 351 g/mol. The second-order valence-corrected chi connectivity index (χ2v) is 7.54. The molecule has 0 radical (unpaired) electrons. The van der Waals surface area contributed by atoms with Gasteiger partial charge < -0.3 is 5.32 Å². The molecule has 2 aliphatic rings. The maximum absolute atomic E-state index is 3.73. The van der Waals surface area contributed by atoms with Crippen LogP contribution >= 0.6 is 0 Å². The molecule has 1 nitrogen and oxygen atoms in total. The van der Waals surface area contributed by atoms with E-state index in [1.54, 1.807) is 0 Å². The van der Waals surface area contributed by atoms with E-state index in [1.165, 1.54) is 69.8 Å². The Morgan fingerprint density at radius 3 is 1.73 bits per heavy atom. The van der Waals surface area contributed by atoms with Crippen LogP contribution < -0.4 is 5.32 Å². The largest absolute Gasteiger partial charge is 0.312 e. The summed E-state index contributed by atoms with van der Waals surface area (Å²) in [5, 5.41) is 3.73. The number of hydrogen-bond donors (Lipinski definition) is 1. The maximum Gasteiger partial charge on any atom is 0.0205 e. The van der Waals surface area contributed by atoms with Crippen LogP contribution in [-0.2, 0) is 0 Å². The van der Waals surface area contributed by atoms with Gasteiger partial charge >= 0.3 is 0 Å². The molecule has 2 aliphatic carbocycles. The van der Waals surface area contributed by atoms with Crippen LogP contribution in [-0.4, -0.2) is 13.1 Å². The minimum atomic E-state index is 0.854. The number of nitrogens with one attached hydrogen (secondary N) is 1. The average molecular weight is 352 g/mol. The van der Waals surface area contributed by atoms with Crippen LogP contribution in [0.5, 0.6) is 0 Å². The molecular formula is C25H37N. The Labute approximate surface area is 161 Å². The van der Waals surface area contributed by atoms with Crippen molar-refractivity contribution in [1.82, 2.24) is 5.32 Å². The van der Waals surface area contributed by atoms with Gasteiger partial charge in [-0.15, -0.1) is 0 Å². The van der Waals surface area contributed by atoms with Gasteiger partial charge in [-0.25, -0.2) is 0 Å². The molecule has 26 heavy (non-hydrogen) atoms. The van der Waals surface area contributed by atoms with Gasteiger partial charge in [-0.3, -0.25) is 0 Å². The molecule has 0 bridgehead atoms. The molecule has 0 aliphatic heterocycles. The van der Waals surface area contributed by atoms with Gasteiger partial charge in [0.1, 0.15) is 0 Å². The van der Waals surface area contributed by atoms with Gasteiger partial charge in [0.2, 0.25) is 0 Å². The van der Waals surface area contributed by atoms with E-state index in [0.29, 0.717) is 0 Å². The maximum atomic E-state index is 3.73. The molecule has 0 saturated heterocycles. The van der Waals surface area contributed by atoms with E-state index >= 15 is 0 Å². The van der Waals surface area contributed by atoms with Gasteiger partial charge in [-0.2, -0.15) is 0 Å². The molecule has 2 rings (SSSR count).